The molecule has 0 saturated heterocycles. The third kappa shape index (κ3) is 2.41. The molecule has 0 bridgehead atoms. The quantitative estimate of drug-likeness (QED) is 0.566. The SMILES string of the molecule is CC(C#N)=C1c2ccc(CCl)cc2COc2ccccc21. The van der Waals surface area contributed by atoms with Gasteiger partial charge in [-0.15, -0.1) is 11.6 Å². The Morgan fingerprint density at radius 3 is 2.81 bits per heavy atom. The minimum atomic E-state index is 0.469. The molecule has 1 aliphatic rings. The highest BCUT2D eigenvalue weighted by Crippen LogP contribution is 2.38. The van der Waals surface area contributed by atoms with Crippen LogP contribution in [0.5, 0.6) is 5.75 Å². The number of allylic oxidation sites excluding steroid dienone is 1. The molecule has 1 aliphatic heterocycles. The first-order chi connectivity index (χ1) is 10.2. The smallest absolute Gasteiger partial charge is 0.127 e. The van der Waals surface area contributed by atoms with Gasteiger partial charge in [-0.3, -0.25) is 0 Å². The highest BCUT2D eigenvalue weighted by molar-refractivity contribution is 6.17. The van der Waals surface area contributed by atoms with E-state index >= 15 is 0 Å². The molecule has 0 aliphatic carbocycles. The predicted molar refractivity (Wildman–Crippen MR) is 84.1 cm³/mol. The van der Waals surface area contributed by atoms with Crippen molar-refractivity contribution in [3.63, 3.8) is 0 Å². The number of fused-ring (bicyclic) bond motifs is 2. The lowest BCUT2D eigenvalue weighted by molar-refractivity contribution is 0.307. The first-order valence-corrected chi connectivity index (χ1v) is 7.29. The van der Waals surface area contributed by atoms with Crippen LogP contribution in [-0.4, -0.2) is 0 Å². The fraction of sp³-hybridized carbons (Fsp3) is 0.167. The fourth-order valence-corrected chi connectivity index (χ4v) is 2.82. The Morgan fingerprint density at radius 1 is 1.24 bits per heavy atom. The summed E-state index contributed by atoms with van der Waals surface area (Å²) in [5.74, 6) is 1.28. The Hall–Kier alpha value is -2.24. The Balaban J connectivity index is 2.30. The molecular weight excluding hydrogens is 282 g/mol. The van der Waals surface area contributed by atoms with Crippen LogP contribution in [0.25, 0.3) is 5.57 Å². The number of halogens is 1. The lowest BCUT2D eigenvalue weighted by Crippen LogP contribution is -1.97. The largest absolute Gasteiger partial charge is 0.488 e. The van der Waals surface area contributed by atoms with Crippen LogP contribution >= 0.6 is 11.6 Å². The summed E-state index contributed by atoms with van der Waals surface area (Å²) in [4.78, 5) is 0. The van der Waals surface area contributed by atoms with Gasteiger partial charge < -0.3 is 4.74 Å². The van der Waals surface area contributed by atoms with Gasteiger partial charge in [0, 0.05) is 22.6 Å². The molecule has 2 aromatic carbocycles. The molecule has 0 N–H and O–H groups in total. The molecule has 0 amide bonds. The average Bonchev–Trinajstić information content (AvgIpc) is 2.70. The van der Waals surface area contributed by atoms with Crippen LogP contribution < -0.4 is 4.74 Å². The third-order valence-electron chi connectivity index (χ3n) is 3.68. The molecule has 0 aromatic heterocycles. The van der Waals surface area contributed by atoms with Crippen LogP contribution in [0.3, 0.4) is 0 Å². The molecule has 0 atom stereocenters. The zero-order valence-corrected chi connectivity index (χ0v) is 12.4. The van der Waals surface area contributed by atoms with E-state index < -0.39 is 0 Å². The van der Waals surface area contributed by atoms with E-state index in [1.807, 2.05) is 43.3 Å². The highest BCUT2D eigenvalue weighted by atomic mass is 35.5. The van der Waals surface area contributed by atoms with E-state index in [1.54, 1.807) is 0 Å². The summed E-state index contributed by atoms with van der Waals surface area (Å²) in [6.07, 6.45) is 0. The molecule has 2 nitrogen and oxygen atoms in total. The van der Waals surface area contributed by atoms with Crippen molar-refractivity contribution in [2.24, 2.45) is 0 Å². The van der Waals surface area contributed by atoms with Crippen molar-refractivity contribution < 1.29 is 4.74 Å². The Kier molecular flexibility index (Phi) is 3.68. The standard InChI is InChI=1S/C18H14ClNO/c1-12(10-20)18-15-7-6-13(9-19)8-14(15)11-21-17-5-3-2-4-16(17)18/h2-8H,9,11H2,1H3. The number of ether oxygens (including phenoxy) is 1. The summed E-state index contributed by atoms with van der Waals surface area (Å²) in [7, 11) is 0. The summed E-state index contributed by atoms with van der Waals surface area (Å²) in [6, 6.07) is 16.2. The van der Waals surface area contributed by atoms with Crippen molar-refractivity contribution >= 4 is 17.2 Å². The third-order valence-corrected chi connectivity index (χ3v) is 3.98. The van der Waals surface area contributed by atoms with Gasteiger partial charge >= 0.3 is 0 Å². The molecule has 3 rings (SSSR count). The lowest BCUT2D eigenvalue weighted by Gasteiger charge is -2.11. The van der Waals surface area contributed by atoms with E-state index in [-0.39, 0.29) is 0 Å². The molecule has 0 unspecified atom stereocenters. The first kappa shape index (κ1) is 13.7. The van der Waals surface area contributed by atoms with Crippen molar-refractivity contribution in [2.45, 2.75) is 19.4 Å². The zero-order chi connectivity index (χ0) is 14.8. The summed E-state index contributed by atoms with van der Waals surface area (Å²) >= 11 is 5.92. The topological polar surface area (TPSA) is 33.0 Å². The van der Waals surface area contributed by atoms with Crippen LogP contribution in [0, 0.1) is 11.3 Å². The van der Waals surface area contributed by atoms with Crippen LogP contribution in [0.4, 0.5) is 0 Å². The van der Waals surface area contributed by atoms with Gasteiger partial charge in [-0.05, 0) is 29.7 Å². The second-order valence-corrected chi connectivity index (χ2v) is 5.29. The van der Waals surface area contributed by atoms with Gasteiger partial charge in [-0.2, -0.15) is 5.26 Å². The monoisotopic (exact) mass is 295 g/mol. The number of nitrogens with zero attached hydrogens (tertiary/aromatic N) is 1. The first-order valence-electron chi connectivity index (χ1n) is 6.76. The summed E-state index contributed by atoms with van der Waals surface area (Å²) in [5.41, 5.74) is 5.77. The van der Waals surface area contributed by atoms with Gasteiger partial charge in [0.05, 0.1) is 6.07 Å². The maximum Gasteiger partial charge on any atom is 0.127 e. The van der Waals surface area contributed by atoms with E-state index in [2.05, 4.69) is 12.1 Å². The summed E-state index contributed by atoms with van der Waals surface area (Å²) in [5, 5.41) is 9.36. The van der Waals surface area contributed by atoms with E-state index in [0.717, 1.165) is 33.6 Å². The number of nitriles is 1. The summed E-state index contributed by atoms with van der Waals surface area (Å²) in [6.45, 7) is 2.33. The molecule has 0 spiro atoms. The van der Waals surface area contributed by atoms with Gasteiger partial charge in [0.15, 0.2) is 0 Å². The molecule has 104 valence electrons. The molecule has 0 saturated carbocycles. The maximum atomic E-state index is 9.36. The fourth-order valence-electron chi connectivity index (χ4n) is 2.65. The van der Waals surface area contributed by atoms with E-state index in [0.29, 0.717) is 18.1 Å². The number of hydrogen-bond acceptors (Lipinski definition) is 2. The van der Waals surface area contributed by atoms with Crippen LogP contribution in [0.2, 0.25) is 0 Å². The van der Waals surface area contributed by atoms with Crippen molar-refractivity contribution in [3.05, 3.63) is 70.3 Å². The summed E-state index contributed by atoms with van der Waals surface area (Å²) < 4.78 is 5.91. The molecule has 21 heavy (non-hydrogen) atoms. The second-order valence-electron chi connectivity index (χ2n) is 5.02. The molecular formula is C18H14ClNO. The predicted octanol–water partition coefficient (Wildman–Crippen LogP) is 4.66. The van der Waals surface area contributed by atoms with Gasteiger partial charge in [-0.1, -0.05) is 36.4 Å². The number of rotatable bonds is 1. The zero-order valence-electron chi connectivity index (χ0n) is 11.7. The van der Waals surface area contributed by atoms with Crippen LogP contribution in [0.15, 0.2) is 48.0 Å². The van der Waals surface area contributed by atoms with Gasteiger partial charge in [0.2, 0.25) is 0 Å². The Morgan fingerprint density at radius 2 is 2.05 bits per heavy atom. The van der Waals surface area contributed by atoms with E-state index in [9.17, 15) is 5.26 Å². The van der Waals surface area contributed by atoms with Gasteiger partial charge in [0.25, 0.3) is 0 Å². The molecule has 1 heterocycles. The van der Waals surface area contributed by atoms with E-state index in [1.165, 1.54) is 0 Å². The molecule has 0 fully saturated rings. The lowest BCUT2D eigenvalue weighted by atomic mass is 9.90. The van der Waals surface area contributed by atoms with Gasteiger partial charge in [-0.25, -0.2) is 0 Å². The molecule has 3 heteroatoms. The number of alkyl halides is 1. The number of para-hydroxylation sites is 1. The Labute approximate surface area is 129 Å². The number of hydrogen-bond donors (Lipinski definition) is 0. The highest BCUT2D eigenvalue weighted by Gasteiger charge is 2.21. The van der Waals surface area contributed by atoms with Crippen LogP contribution in [-0.2, 0) is 12.5 Å². The van der Waals surface area contributed by atoms with E-state index in [4.69, 9.17) is 16.3 Å². The normalized spacial score (nSPS) is 15.1. The minimum absolute atomic E-state index is 0.469. The van der Waals surface area contributed by atoms with Crippen molar-refractivity contribution in [2.75, 3.05) is 0 Å². The Bertz CT molecular complexity index is 771. The van der Waals surface area contributed by atoms with Gasteiger partial charge in [0.1, 0.15) is 12.4 Å². The minimum Gasteiger partial charge on any atom is -0.488 e. The van der Waals surface area contributed by atoms with Crippen molar-refractivity contribution in [1.29, 1.82) is 5.26 Å². The maximum absolute atomic E-state index is 9.36. The van der Waals surface area contributed by atoms with Crippen molar-refractivity contribution in [3.8, 4) is 11.8 Å². The molecule has 2 aromatic rings. The second kappa shape index (κ2) is 5.63. The van der Waals surface area contributed by atoms with Crippen molar-refractivity contribution in [1.82, 2.24) is 0 Å². The van der Waals surface area contributed by atoms with Crippen LogP contribution in [0.1, 0.15) is 29.2 Å². The number of benzene rings is 2. The molecule has 0 radical (unpaired) electrons. The average molecular weight is 296 g/mol.